The lowest BCUT2D eigenvalue weighted by Gasteiger charge is -2.24. The number of aromatic nitrogens is 1. The van der Waals surface area contributed by atoms with Gasteiger partial charge in [-0.2, -0.15) is 0 Å². The maximum atomic E-state index is 14.0. The summed E-state index contributed by atoms with van der Waals surface area (Å²) in [5, 5.41) is 6.57. The van der Waals surface area contributed by atoms with Crippen molar-refractivity contribution >= 4 is 28.2 Å². The molecule has 1 atom stereocenters. The van der Waals surface area contributed by atoms with Gasteiger partial charge in [-0.3, -0.25) is 4.79 Å². The molecule has 0 aliphatic carbocycles. The van der Waals surface area contributed by atoms with Gasteiger partial charge < -0.3 is 20.1 Å². The maximum Gasteiger partial charge on any atom is 0.226 e. The predicted molar refractivity (Wildman–Crippen MR) is 110 cm³/mol. The van der Waals surface area contributed by atoms with E-state index in [9.17, 15) is 9.18 Å². The van der Waals surface area contributed by atoms with Crippen molar-refractivity contribution < 1.29 is 18.7 Å². The van der Waals surface area contributed by atoms with Crippen LogP contribution in [0.5, 0.6) is 11.5 Å². The molecule has 1 aliphatic heterocycles. The molecular formula is C21H20FN3O3S. The molecule has 150 valence electrons. The summed E-state index contributed by atoms with van der Waals surface area (Å²) >= 11 is 1.49. The Labute approximate surface area is 171 Å². The quantitative estimate of drug-likeness (QED) is 0.627. The molecule has 2 N–H and O–H groups in total. The van der Waals surface area contributed by atoms with E-state index < -0.39 is 0 Å². The Morgan fingerprint density at radius 1 is 1.28 bits per heavy atom. The number of hydrogen-bond acceptors (Lipinski definition) is 6. The van der Waals surface area contributed by atoms with E-state index in [1.54, 1.807) is 38.4 Å². The molecule has 0 radical (unpaired) electrons. The SMILES string of the molecule is CNc1nc2c(s1)C(c1cccc(OC)c1OCc1ccccc1F)CC(=O)N2. The minimum atomic E-state index is -0.329. The molecule has 0 saturated carbocycles. The molecule has 1 aromatic heterocycles. The molecule has 0 saturated heterocycles. The fourth-order valence-electron chi connectivity index (χ4n) is 3.36. The van der Waals surface area contributed by atoms with E-state index in [0.29, 0.717) is 22.9 Å². The minimum absolute atomic E-state index is 0.0519. The van der Waals surface area contributed by atoms with Crippen molar-refractivity contribution in [2.45, 2.75) is 18.9 Å². The first-order chi connectivity index (χ1) is 14.1. The Bertz CT molecular complexity index is 1050. The van der Waals surface area contributed by atoms with Crippen LogP contribution in [0.1, 0.15) is 28.3 Å². The van der Waals surface area contributed by atoms with Crippen LogP contribution >= 0.6 is 11.3 Å². The van der Waals surface area contributed by atoms with E-state index >= 15 is 0 Å². The van der Waals surface area contributed by atoms with Gasteiger partial charge in [0.15, 0.2) is 16.6 Å². The number of hydrogen-bond donors (Lipinski definition) is 2. The molecule has 1 amide bonds. The number of carbonyl (C=O) groups excluding carboxylic acids is 1. The van der Waals surface area contributed by atoms with Crippen molar-refractivity contribution in [2.24, 2.45) is 0 Å². The van der Waals surface area contributed by atoms with Crippen LogP contribution in [0.3, 0.4) is 0 Å². The molecule has 0 fully saturated rings. The number of ether oxygens (including phenoxy) is 2. The largest absolute Gasteiger partial charge is 0.493 e. The van der Waals surface area contributed by atoms with Gasteiger partial charge >= 0.3 is 0 Å². The number of thiazole rings is 1. The van der Waals surface area contributed by atoms with E-state index in [1.165, 1.54) is 17.4 Å². The van der Waals surface area contributed by atoms with Gasteiger partial charge in [-0.05, 0) is 12.1 Å². The van der Waals surface area contributed by atoms with Crippen molar-refractivity contribution in [3.63, 3.8) is 0 Å². The Hall–Kier alpha value is -3.13. The molecule has 1 aliphatic rings. The van der Waals surface area contributed by atoms with Crippen molar-refractivity contribution in [3.8, 4) is 11.5 Å². The zero-order valence-corrected chi connectivity index (χ0v) is 16.8. The molecule has 0 spiro atoms. The van der Waals surface area contributed by atoms with Gasteiger partial charge in [0, 0.05) is 30.5 Å². The lowest BCUT2D eigenvalue weighted by molar-refractivity contribution is -0.116. The summed E-state index contributed by atoms with van der Waals surface area (Å²) in [6, 6.07) is 12.0. The highest BCUT2D eigenvalue weighted by atomic mass is 32.1. The Morgan fingerprint density at radius 3 is 2.86 bits per heavy atom. The van der Waals surface area contributed by atoms with Crippen LogP contribution in [-0.2, 0) is 11.4 Å². The fraction of sp³-hybridized carbons (Fsp3) is 0.238. The third-order valence-corrected chi connectivity index (χ3v) is 5.95. The summed E-state index contributed by atoms with van der Waals surface area (Å²) in [7, 11) is 3.34. The van der Waals surface area contributed by atoms with Crippen molar-refractivity contribution in [1.29, 1.82) is 0 Å². The topological polar surface area (TPSA) is 72.5 Å². The third-order valence-electron chi connectivity index (χ3n) is 4.77. The van der Waals surface area contributed by atoms with Gasteiger partial charge in [0.2, 0.25) is 5.91 Å². The molecule has 3 aromatic rings. The summed E-state index contributed by atoms with van der Waals surface area (Å²) < 4.78 is 25.6. The number of benzene rings is 2. The lowest BCUT2D eigenvalue weighted by atomic mass is 9.90. The first-order valence-electron chi connectivity index (χ1n) is 9.12. The Balaban J connectivity index is 1.74. The first-order valence-corrected chi connectivity index (χ1v) is 9.93. The molecule has 4 rings (SSSR count). The fourth-order valence-corrected chi connectivity index (χ4v) is 4.36. The number of nitrogens with one attached hydrogen (secondary N) is 2. The van der Waals surface area contributed by atoms with Crippen LogP contribution < -0.4 is 20.1 Å². The van der Waals surface area contributed by atoms with Gasteiger partial charge in [-0.15, -0.1) is 0 Å². The Kier molecular flexibility index (Phi) is 5.35. The average Bonchev–Trinajstić information content (AvgIpc) is 3.15. The average molecular weight is 413 g/mol. The van der Waals surface area contributed by atoms with Gasteiger partial charge in [0.05, 0.1) is 12.0 Å². The van der Waals surface area contributed by atoms with E-state index in [-0.39, 0.29) is 30.7 Å². The van der Waals surface area contributed by atoms with Crippen LogP contribution in [-0.4, -0.2) is 25.0 Å². The van der Waals surface area contributed by atoms with E-state index in [1.807, 2.05) is 12.1 Å². The van der Waals surface area contributed by atoms with Gasteiger partial charge in [-0.25, -0.2) is 9.37 Å². The summed E-state index contributed by atoms with van der Waals surface area (Å²) in [4.78, 5) is 17.7. The zero-order valence-electron chi connectivity index (χ0n) is 16.0. The van der Waals surface area contributed by atoms with Crippen LogP contribution in [0.15, 0.2) is 42.5 Å². The van der Waals surface area contributed by atoms with E-state index in [2.05, 4.69) is 15.6 Å². The molecule has 2 aromatic carbocycles. The van der Waals surface area contributed by atoms with Gasteiger partial charge in [-0.1, -0.05) is 41.7 Å². The summed E-state index contributed by atoms with van der Waals surface area (Å²) in [5.41, 5.74) is 1.25. The number of amides is 1. The third kappa shape index (κ3) is 3.75. The smallest absolute Gasteiger partial charge is 0.226 e. The number of nitrogens with zero attached hydrogens (tertiary/aromatic N) is 1. The molecule has 2 heterocycles. The molecule has 8 heteroatoms. The second-order valence-corrected chi connectivity index (χ2v) is 7.58. The van der Waals surface area contributed by atoms with Crippen LogP contribution in [0.25, 0.3) is 0 Å². The molecular weight excluding hydrogens is 393 g/mol. The first kappa shape index (κ1) is 19.2. The van der Waals surface area contributed by atoms with Crippen molar-refractivity contribution in [1.82, 2.24) is 4.98 Å². The highest BCUT2D eigenvalue weighted by molar-refractivity contribution is 7.16. The number of rotatable bonds is 6. The standard InChI is InChI=1S/C21H20FN3O3S/c1-23-21-25-20-19(29-21)14(10-17(26)24-20)13-7-5-9-16(27-2)18(13)28-11-12-6-3-4-8-15(12)22/h3-9,14H,10-11H2,1-2H3,(H,23,25)(H,24,26). The highest BCUT2D eigenvalue weighted by Gasteiger charge is 2.33. The summed E-state index contributed by atoms with van der Waals surface area (Å²) in [6.07, 6.45) is 0.265. The second-order valence-electron chi connectivity index (χ2n) is 6.55. The summed E-state index contributed by atoms with van der Waals surface area (Å²) in [6.45, 7) is 0.0519. The highest BCUT2D eigenvalue weighted by Crippen LogP contribution is 2.47. The number of anilines is 2. The number of para-hydroxylation sites is 1. The molecule has 29 heavy (non-hydrogen) atoms. The number of halogens is 1. The second kappa shape index (κ2) is 8.08. The lowest BCUT2D eigenvalue weighted by Crippen LogP contribution is -2.23. The molecule has 6 nitrogen and oxygen atoms in total. The molecule has 0 bridgehead atoms. The van der Waals surface area contributed by atoms with E-state index in [0.717, 1.165) is 15.6 Å². The van der Waals surface area contributed by atoms with Crippen LogP contribution in [0.4, 0.5) is 15.3 Å². The normalized spacial score (nSPS) is 15.4. The predicted octanol–water partition coefficient (Wildman–Crippen LogP) is 4.39. The molecule has 1 unspecified atom stereocenters. The van der Waals surface area contributed by atoms with Gasteiger partial charge in [0.25, 0.3) is 0 Å². The maximum absolute atomic E-state index is 14.0. The summed E-state index contributed by atoms with van der Waals surface area (Å²) in [5.74, 6) is 0.920. The number of carbonyl (C=O) groups is 1. The van der Waals surface area contributed by atoms with Crippen molar-refractivity contribution in [3.05, 3.63) is 64.3 Å². The van der Waals surface area contributed by atoms with Crippen LogP contribution in [0.2, 0.25) is 0 Å². The van der Waals surface area contributed by atoms with Crippen molar-refractivity contribution in [2.75, 3.05) is 24.8 Å². The zero-order chi connectivity index (χ0) is 20.4. The number of methoxy groups -OCH3 is 1. The number of fused-ring (bicyclic) bond motifs is 1. The van der Waals surface area contributed by atoms with Crippen LogP contribution in [0, 0.1) is 5.82 Å². The monoisotopic (exact) mass is 413 g/mol. The minimum Gasteiger partial charge on any atom is -0.493 e. The Morgan fingerprint density at radius 2 is 2.10 bits per heavy atom. The van der Waals surface area contributed by atoms with E-state index in [4.69, 9.17) is 9.47 Å². The van der Waals surface area contributed by atoms with Gasteiger partial charge in [0.1, 0.15) is 18.2 Å².